The zero-order chi connectivity index (χ0) is 25.3. The largest absolute Gasteiger partial charge is 0.489 e. The van der Waals surface area contributed by atoms with Crippen LogP contribution in [0.1, 0.15) is 21.5 Å². The van der Waals surface area contributed by atoms with Crippen molar-refractivity contribution in [3.8, 4) is 17.2 Å². The van der Waals surface area contributed by atoms with Gasteiger partial charge in [-0.1, -0.05) is 18.2 Å². The van der Waals surface area contributed by atoms with Gasteiger partial charge in [0.15, 0.2) is 11.5 Å². The second kappa shape index (κ2) is 9.34. The average Bonchev–Trinajstić information content (AvgIpc) is 3.15. The third-order valence-electron chi connectivity index (χ3n) is 5.44. The van der Waals surface area contributed by atoms with E-state index in [1.807, 2.05) is 12.1 Å². The lowest BCUT2D eigenvalue weighted by Crippen LogP contribution is -2.35. The summed E-state index contributed by atoms with van der Waals surface area (Å²) in [5.41, 5.74) is 0.995. The molecule has 1 N–H and O–H groups in total. The fraction of sp³-hybridized carbons (Fsp3) is 0.160. The number of ketones is 1. The van der Waals surface area contributed by atoms with Crippen LogP contribution < -0.4 is 14.2 Å². The van der Waals surface area contributed by atoms with Crippen molar-refractivity contribution < 1.29 is 42.1 Å². The van der Waals surface area contributed by atoms with Gasteiger partial charge in [0.1, 0.15) is 30.5 Å². The Morgan fingerprint density at radius 3 is 2.44 bits per heavy atom. The maximum absolute atomic E-state index is 12.9. The summed E-state index contributed by atoms with van der Waals surface area (Å²) in [5.74, 6) is -1.12. The number of carbonyl (C=O) groups excluding carboxylic acids is 1. The van der Waals surface area contributed by atoms with Gasteiger partial charge in [0.05, 0.1) is 5.56 Å². The number of hydrogen-bond donors (Lipinski definition) is 1. The number of rotatable bonds is 7. The summed E-state index contributed by atoms with van der Waals surface area (Å²) in [6, 6.07) is 17.2. The summed E-state index contributed by atoms with van der Waals surface area (Å²) in [5, 5.41) is 9.60. The summed E-state index contributed by atoms with van der Waals surface area (Å²) in [6.07, 6.45) is -1.99. The minimum Gasteiger partial charge on any atom is -0.489 e. The van der Waals surface area contributed by atoms with Gasteiger partial charge in [-0.3, -0.25) is 4.79 Å². The van der Waals surface area contributed by atoms with E-state index < -0.39 is 33.8 Å². The molecule has 0 saturated heterocycles. The first-order valence-electron chi connectivity index (χ1n) is 10.8. The van der Waals surface area contributed by atoms with E-state index in [9.17, 15) is 23.1 Å². The van der Waals surface area contributed by atoms with E-state index in [0.29, 0.717) is 30.5 Å². The van der Waals surface area contributed by atoms with E-state index in [2.05, 4.69) is 4.40 Å². The van der Waals surface area contributed by atoms with Crippen molar-refractivity contribution >= 4 is 27.7 Å². The number of fused-ring (bicyclic) bond motifs is 2. The first kappa shape index (κ1) is 23.4. The first-order valence-corrected chi connectivity index (χ1v) is 12.3. The highest BCUT2D eigenvalue weighted by molar-refractivity contribution is 7.90. The number of aliphatic carboxylic acids is 1. The average molecular weight is 509 g/mol. The Kier molecular flexibility index (Phi) is 6.06. The molecule has 184 valence electrons. The lowest BCUT2D eigenvalue weighted by molar-refractivity contribution is -0.143. The van der Waals surface area contributed by atoms with Crippen LogP contribution in [-0.2, 0) is 26.2 Å². The van der Waals surface area contributed by atoms with Gasteiger partial charge in [-0.2, -0.15) is 8.42 Å². The Labute approximate surface area is 205 Å². The maximum atomic E-state index is 12.9. The van der Waals surface area contributed by atoms with Crippen molar-refractivity contribution in [3.05, 3.63) is 83.4 Å². The van der Waals surface area contributed by atoms with Crippen LogP contribution in [0, 0.1) is 0 Å². The van der Waals surface area contributed by atoms with Crippen LogP contribution in [0.25, 0.3) is 0 Å². The summed E-state index contributed by atoms with van der Waals surface area (Å²) < 4.78 is 50.0. The van der Waals surface area contributed by atoms with E-state index in [1.54, 1.807) is 12.1 Å². The third kappa shape index (κ3) is 4.60. The molecule has 2 heterocycles. The molecule has 1 atom stereocenters. The van der Waals surface area contributed by atoms with Crippen LogP contribution in [0.4, 0.5) is 0 Å². The Morgan fingerprint density at radius 2 is 1.69 bits per heavy atom. The predicted octanol–water partition coefficient (Wildman–Crippen LogP) is 2.84. The van der Waals surface area contributed by atoms with Crippen LogP contribution in [0.3, 0.4) is 0 Å². The molecule has 0 bridgehead atoms. The third-order valence-corrected chi connectivity index (χ3v) is 6.76. The number of Topliss-reactive ketones (excluding diaryl/α,β-unsaturated/α-hetero) is 1. The lowest BCUT2D eigenvalue weighted by Gasteiger charge is -2.19. The van der Waals surface area contributed by atoms with E-state index >= 15 is 0 Å². The van der Waals surface area contributed by atoms with Crippen LogP contribution in [-0.4, -0.2) is 50.5 Å². The number of ether oxygens (including phenoxy) is 4. The molecule has 11 heteroatoms. The Balaban J connectivity index is 1.27. The van der Waals surface area contributed by atoms with Crippen LogP contribution in [0.15, 0.2) is 76.0 Å². The zero-order valence-electron chi connectivity index (χ0n) is 18.6. The molecule has 1 unspecified atom stereocenters. The lowest BCUT2D eigenvalue weighted by atomic mass is 10.1. The standard InChI is InChI=1S/C25H19NO9S/c27-22(23(25(28)29)35-24-18-3-1-2-4-21(18)36(30,31)26-24)16-6-8-17(9-7-16)34-14-15-5-10-19-20(13-15)33-12-11-32-19/h1-10,13,23H,11-12,14H2,(H,28,29). The van der Waals surface area contributed by atoms with Crippen molar-refractivity contribution in [1.29, 1.82) is 0 Å². The van der Waals surface area contributed by atoms with Crippen LogP contribution >= 0.6 is 0 Å². The molecule has 0 aliphatic carbocycles. The Morgan fingerprint density at radius 1 is 0.972 bits per heavy atom. The summed E-state index contributed by atoms with van der Waals surface area (Å²) >= 11 is 0. The quantitative estimate of drug-likeness (QED) is 0.376. The van der Waals surface area contributed by atoms with E-state index in [4.69, 9.17) is 18.9 Å². The smallest absolute Gasteiger partial charge is 0.353 e. The number of hydrogen-bond acceptors (Lipinski definition) is 8. The topological polar surface area (TPSA) is 138 Å². The fourth-order valence-corrected chi connectivity index (χ4v) is 4.84. The van der Waals surface area contributed by atoms with E-state index in [0.717, 1.165) is 5.56 Å². The van der Waals surface area contributed by atoms with Crippen molar-refractivity contribution in [2.45, 2.75) is 17.6 Å². The number of nitrogens with zero attached hydrogens (tertiary/aromatic N) is 1. The van der Waals surface area contributed by atoms with Gasteiger partial charge >= 0.3 is 5.97 Å². The van der Waals surface area contributed by atoms with E-state index in [-0.39, 0.29) is 22.6 Å². The molecule has 0 radical (unpaired) electrons. The molecule has 0 fully saturated rings. The predicted molar refractivity (Wildman–Crippen MR) is 125 cm³/mol. The Hall–Kier alpha value is -4.38. The van der Waals surface area contributed by atoms with Gasteiger partial charge < -0.3 is 24.1 Å². The molecule has 3 aromatic rings. The molecular formula is C25H19NO9S. The number of sulfonamides is 1. The highest BCUT2D eigenvalue weighted by atomic mass is 32.2. The molecule has 0 aromatic heterocycles. The molecular weight excluding hydrogens is 490 g/mol. The monoisotopic (exact) mass is 509 g/mol. The number of carbonyl (C=O) groups is 2. The Bertz CT molecular complexity index is 1480. The molecule has 3 aromatic carbocycles. The van der Waals surface area contributed by atoms with Gasteiger partial charge in [-0.15, -0.1) is 4.40 Å². The number of carboxylic acid groups (broad SMARTS) is 1. The summed E-state index contributed by atoms with van der Waals surface area (Å²) in [4.78, 5) is 24.6. The molecule has 36 heavy (non-hydrogen) atoms. The molecule has 2 aliphatic rings. The number of benzene rings is 3. The second-order valence-corrected chi connectivity index (χ2v) is 9.43. The minimum absolute atomic E-state index is 0.0452. The van der Waals surface area contributed by atoms with Crippen LogP contribution in [0.2, 0.25) is 0 Å². The molecule has 0 amide bonds. The van der Waals surface area contributed by atoms with Gasteiger partial charge in [-0.25, -0.2) is 4.79 Å². The molecule has 5 rings (SSSR count). The van der Waals surface area contributed by atoms with Crippen molar-refractivity contribution in [2.75, 3.05) is 13.2 Å². The van der Waals surface area contributed by atoms with Gasteiger partial charge in [0.25, 0.3) is 16.1 Å². The first-order chi connectivity index (χ1) is 17.3. The van der Waals surface area contributed by atoms with E-state index in [1.165, 1.54) is 42.5 Å². The highest BCUT2D eigenvalue weighted by Crippen LogP contribution is 2.31. The zero-order valence-corrected chi connectivity index (χ0v) is 19.4. The SMILES string of the molecule is O=C(O)C(OC1=NS(=O)(=O)c2ccccc21)C(=O)c1ccc(OCc2ccc3c(c2)OCCO3)cc1. The summed E-state index contributed by atoms with van der Waals surface area (Å²) in [6.45, 7) is 1.21. The van der Waals surface area contributed by atoms with Gasteiger partial charge in [0, 0.05) is 5.56 Å². The maximum Gasteiger partial charge on any atom is 0.353 e. The molecule has 2 aliphatic heterocycles. The highest BCUT2D eigenvalue weighted by Gasteiger charge is 2.36. The second-order valence-electron chi connectivity index (χ2n) is 7.86. The van der Waals surface area contributed by atoms with Crippen LogP contribution in [0.5, 0.6) is 17.2 Å². The molecule has 0 spiro atoms. The molecule has 0 saturated carbocycles. The van der Waals surface area contributed by atoms with Crippen molar-refractivity contribution in [2.24, 2.45) is 4.40 Å². The number of carboxylic acids is 1. The van der Waals surface area contributed by atoms with Crippen molar-refractivity contribution in [3.63, 3.8) is 0 Å². The molecule has 10 nitrogen and oxygen atoms in total. The van der Waals surface area contributed by atoms with Gasteiger partial charge in [0.2, 0.25) is 11.7 Å². The normalized spacial score (nSPS) is 15.8. The fourth-order valence-electron chi connectivity index (χ4n) is 3.70. The minimum atomic E-state index is -4.03. The summed E-state index contributed by atoms with van der Waals surface area (Å²) in [7, 11) is -4.03. The van der Waals surface area contributed by atoms with Crippen molar-refractivity contribution in [1.82, 2.24) is 0 Å². The van der Waals surface area contributed by atoms with Gasteiger partial charge in [-0.05, 0) is 54.1 Å².